The van der Waals surface area contributed by atoms with E-state index >= 15 is 0 Å². The molecule has 1 aromatic rings. The van der Waals surface area contributed by atoms with Crippen LogP contribution in [0.15, 0.2) is 24.3 Å². The van der Waals surface area contributed by atoms with E-state index in [1.807, 2.05) is 0 Å². The molecule has 0 spiro atoms. The van der Waals surface area contributed by atoms with Crippen LogP contribution < -0.4 is 10.6 Å². The van der Waals surface area contributed by atoms with E-state index in [4.69, 9.17) is 7.85 Å². The van der Waals surface area contributed by atoms with Crippen molar-refractivity contribution in [3.05, 3.63) is 34.4 Å². The van der Waals surface area contributed by atoms with Crippen LogP contribution in [0.3, 0.4) is 0 Å². The van der Waals surface area contributed by atoms with Crippen LogP contribution in [-0.2, 0) is 0 Å². The number of nitro groups is 1. The fourth-order valence-corrected chi connectivity index (χ4v) is 2.06. The first-order chi connectivity index (χ1) is 8.16. The number of piperidine rings is 1. The summed E-state index contributed by atoms with van der Waals surface area (Å²) in [6.45, 7) is 0.833. The number of hydrogen-bond acceptors (Lipinski definition) is 4. The zero-order valence-electron chi connectivity index (χ0n) is 9.43. The lowest BCUT2D eigenvalue weighted by Gasteiger charge is -2.29. The van der Waals surface area contributed by atoms with Gasteiger partial charge in [0.1, 0.15) is 5.69 Å². The molecule has 2 radical (unpaired) electrons. The summed E-state index contributed by atoms with van der Waals surface area (Å²) in [5.74, 6) is -0.0379. The molecule has 0 bridgehead atoms. The smallest absolute Gasteiger partial charge is 0.292 e. The molecule has 0 aromatic heterocycles. The summed E-state index contributed by atoms with van der Waals surface area (Å²) in [5, 5.41) is 17.2. The van der Waals surface area contributed by atoms with Crippen molar-refractivity contribution in [1.82, 2.24) is 5.32 Å². The molecule has 5 nitrogen and oxygen atoms in total. The van der Waals surface area contributed by atoms with E-state index in [9.17, 15) is 10.1 Å². The fraction of sp³-hybridized carbons (Fsp3) is 0.455. The summed E-state index contributed by atoms with van der Waals surface area (Å²) >= 11 is 0. The zero-order valence-corrected chi connectivity index (χ0v) is 9.43. The van der Waals surface area contributed by atoms with E-state index in [-0.39, 0.29) is 22.6 Å². The molecule has 6 heteroatoms. The average molecular weight is 231 g/mol. The Kier molecular flexibility index (Phi) is 3.63. The first kappa shape index (κ1) is 11.9. The standard InChI is InChI=1S/C11H14BN3O2/c12-11-7-8(5-6-13-11)14-9-3-1-2-4-10(9)15(16)17/h1-4,8,11,13-14H,5-7H2. The lowest BCUT2D eigenvalue weighted by atomic mass is 9.85. The number of benzene rings is 1. The van der Waals surface area contributed by atoms with Crippen LogP contribution >= 0.6 is 0 Å². The van der Waals surface area contributed by atoms with Gasteiger partial charge in [0.2, 0.25) is 0 Å². The summed E-state index contributed by atoms with van der Waals surface area (Å²) in [7, 11) is 5.79. The number of nitrogens with zero attached hydrogens (tertiary/aromatic N) is 1. The first-order valence-electron chi connectivity index (χ1n) is 5.66. The van der Waals surface area contributed by atoms with Crippen molar-refractivity contribution in [2.45, 2.75) is 24.8 Å². The Morgan fingerprint density at radius 3 is 2.94 bits per heavy atom. The number of rotatable bonds is 3. The fourth-order valence-electron chi connectivity index (χ4n) is 2.06. The summed E-state index contributed by atoms with van der Waals surface area (Å²) in [5.41, 5.74) is 0.677. The maximum absolute atomic E-state index is 10.9. The van der Waals surface area contributed by atoms with Gasteiger partial charge < -0.3 is 10.6 Å². The van der Waals surface area contributed by atoms with Crippen molar-refractivity contribution in [1.29, 1.82) is 0 Å². The second kappa shape index (κ2) is 5.18. The highest BCUT2D eigenvalue weighted by molar-refractivity contribution is 6.11. The van der Waals surface area contributed by atoms with Crippen LogP contribution in [0, 0.1) is 10.1 Å². The summed E-state index contributed by atoms with van der Waals surface area (Å²) < 4.78 is 0. The number of nitrogens with one attached hydrogen (secondary N) is 2. The maximum Gasteiger partial charge on any atom is 0.292 e. The Labute approximate surface area is 101 Å². The molecule has 2 atom stereocenters. The molecule has 88 valence electrons. The number of hydrogen-bond donors (Lipinski definition) is 2. The quantitative estimate of drug-likeness (QED) is 0.466. The van der Waals surface area contributed by atoms with Gasteiger partial charge in [-0.2, -0.15) is 0 Å². The van der Waals surface area contributed by atoms with Crippen LogP contribution in [0.25, 0.3) is 0 Å². The summed E-state index contributed by atoms with van der Waals surface area (Å²) in [6.07, 6.45) is 1.69. The van der Waals surface area contributed by atoms with Gasteiger partial charge in [-0.15, -0.1) is 0 Å². The van der Waals surface area contributed by atoms with E-state index in [1.54, 1.807) is 18.2 Å². The molecule has 2 rings (SSSR count). The van der Waals surface area contributed by atoms with Gasteiger partial charge >= 0.3 is 0 Å². The molecule has 1 fully saturated rings. The number of anilines is 1. The zero-order chi connectivity index (χ0) is 12.3. The highest BCUT2D eigenvalue weighted by Gasteiger charge is 2.20. The molecule has 0 aliphatic carbocycles. The summed E-state index contributed by atoms with van der Waals surface area (Å²) in [6, 6.07) is 6.87. The largest absolute Gasteiger partial charge is 0.377 e. The van der Waals surface area contributed by atoms with Crippen molar-refractivity contribution in [3.8, 4) is 0 Å². The third-order valence-electron chi connectivity index (χ3n) is 2.90. The predicted octanol–water partition coefficient (Wildman–Crippen LogP) is 1.25. The third kappa shape index (κ3) is 2.97. The molecule has 2 unspecified atom stereocenters. The molecule has 1 aliphatic rings. The minimum absolute atomic E-state index is 0.0379. The van der Waals surface area contributed by atoms with Crippen LogP contribution in [-0.4, -0.2) is 31.3 Å². The van der Waals surface area contributed by atoms with Gasteiger partial charge in [0.05, 0.1) is 12.8 Å². The molecular formula is C11H14BN3O2. The van der Waals surface area contributed by atoms with E-state index in [1.165, 1.54) is 6.07 Å². The van der Waals surface area contributed by atoms with E-state index < -0.39 is 0 Å². The molecular weight excluding hydrogens is 217 g/mol. The maximum atomic E-state index is 10.9. The number of nitro benzene ring substituents is 1. The van der Waals surface area contributed by atoms with Gasteiger partial charge in [-0.3, -0.25) is 10.1 Å². The monoisotopic (exact) mass is 231 g/mol. The first-order valence-corrected chi connectivity index (χ1v) is 5.66. The molecule has 2 N–H and O–H groups in total. The van der Waals surface area contributed by atoms with Gasteiger partial charge in [-0.1, -0.05) is 12.1 Å². The minimum atomic E-state index is -0.372. The predicted molar refractivity (Wildman–Crippen MR) is 67.3 cm³/mol. The second-order valence-corrected chi connectivity index (χ2v) is 4.20. The van der Waals surface area contributed by atoms with E-state index in [2.05, 4.69) is 10.6 Å². The molecule has 17 heavy (non-hydrogen) atoms. The Morgan fingerprint density at radius 2 is 2.24 bits per heavy atom. The van der Waals surface area contributed by atoms with Gasteiger partial charge in [0.25, 0.3) is 5.69 Å². The molecule has 0 amide bonds. The molecule has 0 saturated carbocycles. The van der Waals surface area contributed by atoms with Crippen molar-refractivity contribution < 1.29 is 4.92 Å². The highest BCUT2D eigenvalue weighted by Crippen LogP contribution is 2.25. The topological polar surface area (TPSA) is 67.2 Å². The summed E-state index contributed by atoms with van der Waals surface area (Å²) in [4.78, 5) is 10.5. The minimum Gasteiger partial charge on any atom is -0.377 e. The molecule has 1 aromatic carbocycles. The van der Waals surface area contributed by atoms with Crippen molar-refractivity contribution in [3.63, 3.8) is 0 Å². The van der Waals surface area contributed by atoms with Crippen molar-refractivity contribution in [2.24, 2.45) is 0 Å². The van der Waals surface area contributed by atoms with Gasteiger partial charge in [0.15, 0.2) is 0 Å². The van der Waals surface area contributed by atoms with Crippen molar-refractivity contribution >= 4 is 19.2 Å². The number of para-hydroxylation sites is 2. The van der Waals surface area contributed by atoms with E-state index in [0.717, 1.165) is 19.4 Å². The Bertz CT molecular complexity index is 413. The van der Waals surface area contributed by atoms with Gasteiger partial charge in [-0.05, 0) is 31.4 Å². The van der Waals surface area contributed by atoms with Crippen LogP contribution in [0.2, 0.25) is 0 Å². The van der Waals surface area contributed by atoms with Crippen LogP contribution in [0.5, 0.6) is 0 Å². The average Bonchev–Trinajstić information content (AvgIpc) is 2.29. The molecule has 1 aliphatic heterocycles. The van der Waals surface area contributed by atoms with Gasteiger partial charge in [-0.25, -0.2) is 0 Å². The third-order valence-corrected chi connectivity index (χ3v) is 2.90. The SMILES string of the molecule is [B]C1CC(Nc2ccccc2[N+](=O)[O-])CCN1. The lowest BCUT2D eigenvalue weighted by molar-refractivity contribution is -0.384. The normalized spacial score (nSPS) is 24.2. The van der Waals surface area contributed by atoms with Crippen molar-refractivity contribution in [2.75, 3.05) is 11.9 Å². The van der Waals surface area contributed by atoms with Gasteiger partial charge in [0, 0.05) is 12.1 Å². The Hall–Kier alpha value is -1.56. The van der Waals surface area contributed by atoms with E-state index in [0.29, 0.717) is 5.69 Å². The Balaban J connectivity index is 2.10. The lowest BCUT2D eigenvalue weighted by Crippen LogP contribution is -2.43. The van der Waals surface area contributed by atoms with Crippen LogP contribution in [0.1, 0.15) is 12.8 Å². The molecule has 1 heterocycles. The Morgan fingerprint density at radius 1 is 1.47 bits per heavy atom. The second-order valence-electron chi connectivity index (χ2n) is 4.20. The molecule has 1 saturated heterocycles. The highest BCUT2D eigenvalue weighted by atomic mass is 16.6. The van der Waals surface area contributed by atoms with Crippen LogP contribution in [0.4, 0.5) is 11.4 Å².